The molecule has 1 aliphatic carbocycles. The smallest absolute Gasteiger partial charge is 0.251 e. The number of nitrogens with one attached hydrogen (secondary N) is 2. The molecule has 0 radical (unpaired) electrons. The van der Waals surface area contributed by atoms with Crippen molar-refractivity contribution in [2.75, 3.05) is 11.9 Å². The number of aliphatic hydroxyl groups excluding tert-OH is 1. The minimum Gasteiger partial charge on any atom is -0.504 e. The lowest BCUT2D eigenvalue weighted by Crippen LogP contribution is -2.25. The zero-order valence-corrected chi connectivity index (χ0v) is 17.4. The van der Waals surface area contributed by atoms with Crippen LogP contribution in [0.4, 0.5) is 5.69 Å². The van der Waals surface area contributed by atoms with Crippen LogP contribution in [0, 0.1) is 23.7 Å². The number of carbonyl (C=O) groups is 1. The minimum absolute atomic E-state index is 0.0353. The summed E-state index contributed by atoms with van der Waals surface area (Å²) in [5.74, 6) is 12.1. The van der Waals surface area contributed by atoms with Gasteiger partial charge in [-0.2, -0.15) is 0 Å². The molecule has 0 unspecified atom stereocenters. The quantitative estimate of drug-likeness (QED) is 0.630. The van der Waals surface area contributed by atoms with E-state index in [2.05, 4.69) is 40.9 Å². The van der Waals surface area contributed by atoms with E-state index < -0.39 is 0 Å². The summed E-state index contributed by atoms with van der Waals surface area (Å²) in [6.07, 6.45) is 5.25. The Balaban J connectivity index is 1.30. The number of benzene rings is 2. The molecule has 2 aliphatic rings. The highest BCUT2D eigenvalue weighted by Gasteiger charge is 2.23. The Morgan fingerprint density at radius 1 is 1.03 bits per heavy atom. The van der Waals surface area contributed by atoms with Crippen LogP contribution in [0.3, 0.4) is 0 Å². The van der Waals surface area contributed by atoms with Crippen molar-refractivity contribution < 1.29 is 14.6 Å². The van der Waals surface area contributed by atoms with Gasteiger partial charge < -0.3 is 20.5 Å². The molecule has 0 bridgehead atoms. The Labute approximate surface area is 187 Å². The van der Waals surface area contributed by atoms with E-state index in [-0.39, 0.29) is 11.7 Å². The Hall–Kier alpha value is -4.35. The maximum atomic E-state index is 12.0. The highest BCUT2D eigenvalue weighted by molar-refractivity contribution is 5.94. The average molecular weight is 422 g/mol. The summed E-state index contributed by atoms with van der Waals surface area (Å²) in [4.78, 5) is 12.0. The van der Waals surface area contributed by atoms with E-state index in [0.29, 0.717) is 29.5 Å². The second kappa shape index (κ2) is 9.64. The van der Waals surface area contributed by atoms with Crippen LogP contribution in [0.5, 0.6) is 0 Å². The fourth-order valence-corrected chi connectivity index (χ4v) is 2.90. The van der Waals surface area contributed by atoms with Crippen molar-refractivity contribution in [3.8, 4) is 23.7 Å². The predicted molar refractivity (Wildman–Crippen MR) is 125 cm³/mol. The molecule has 0 saturated heterocycles. The second-order valence-electron chi connectivity index (χ2n) is 7.47. The number of allylic oxidation sites excluding steroid dienone is 1. The van der Waals surface area contributed by atoms with Gasteiger partial charge in [0.15, 0.2) is 11.5 Å². The van der Waals surface area contributed by atoms with Crippen LogP contribution in [-0.4, -0.2) is 23.6 Å². The maximum Gasteiger partial charge on any atom is 0.251 e. The van der Waals surface area contributed by atoms with E-state index in [0.717, 1.165) is 29.7 Å². The molecule has 2 aromatic rings. The first-order valence-corrected chi connectivity index (χ1v) is 10.3. The van der Waals surface area contributed by atoms with E-state index in [1.807, 2.05) is 36.4 Å². The summed E-state index contributed by atoms with van der Waals surface area (Å²) in [5.41, 5.74) is 3.68. The van der Waals surface area contributed by atoms with Crippen molar-refractivity contribution in [2.45, 2.75) is 18.9 Å². The fraction of sp³-hybridized carbons (Fsp3) is 0.148. The van der Waals surface area contributed by atoms with Crippen LogP contribution >= 0.6 is 0 Å². The lowest BCUT2D eigenvalue weighted by atomic mass is 10.1. The van der Waals surface area contributed by atoms with Crippen LogP contribution in [-0.2, 0) is 4.74 Å². The maximum absolute atomic E-state index is 12.0. The van der Waals surface area contributed by atoms with E-state index in [4.69, 9.17) is 4.74 Å². The lowest BCUT2D eigenvalue weighted by Gasteiger charge is -2.15. The summed E-state index contributed by atoms with van der Waals surface area (Å²) in [5, 5.41) is 16.1. The van der Waals surface area contributed by atoms with Gasteiger partial charge >= 0.3 is 0 Å². The van der Waals surface area contributed by atoms with Gasteiger partial charge in [0.2, 0.25) is 0 Å². The first-order chi connectivity index (χ1) is 15.6. The Bertz CT molecular complexity index is 1210. The molecular weight excluding hydrogens is 400 g/mol. The molecule has 0 atom stereocenters. The number of anilines is 1. The van der Waals surface area contributed by atoms with Gasteiger partial charge in [-0.05, 0) is 79.3 Å². The molecule has 4 rings (SSSR count). The predicted octanol–water partition coefficient (Wildman–Crippen LogP) is 4.26. The number of ether oxygens (including phenoxy) is 1. The average Bonchev–Trinajstić information content (AvgIpc) is 3.63. The normalized spacial score (nSPS) is 14.4. The first kappa shape index (κ1) is 20.9. The molecule has 3 N–H and O–H groups in total. The third-order valence-electron chi connectivity index (χ3n) is 4.92. The van der Waals surface area contributed by atoms with Crippen LogP contribution in [0.25, 0.3) is 0 Å². The molecule has 1 saturated carbocycles. The second-order valence-corrected chi connectivity index (χ2v) is 7.47. The van der Waals surface area contributed by atoms with Crippen molar-refractivity contribution in [3.05, 3.63) is 101 Å². The Morgan fingerprint density at radius 3 is 2.28 bits per heavy atom. The highest BCUT2D eigenvalue weighted by atomic mass is 16.5. The molecule has 1 heterocycles. The van der Waals surface area contributed by atoms with Crippen LogP contribution in [0.15, 0.2) is 84.5 Å². The van der Waals surface area contributed by atoms with Crippen molar-refractivity contribution in [2.24, 2.45) is 0 Å². The molecule has 1 aliphatic heterocycles. The SMILES string of the molecule is C=C1C=COC(CNc2ccc(C#CC#Cc3ccc(C(=O)NC4CC4)cc3)cc2)=C1O. The molecule has 5 heteroatoms. The fourth-order valence-electron chi connectivity index (χ4n) is 2.90. The summed E-state index contributed by atoms with van der Waals surface area (Å²) < 4.78 is 5.31. The zero-order valence-electron chi connectivity index (χ0n) is 17.4. The summed E-state index contributed by atoms with van der Waals surface area (Å²) in [7, 11) is 0. The van der Waals surface area contributed by atoms with Gasteiger partial charge in [-0.15, -0.1) is 0 Å². The first-order valence-electron chi connectivity index (χ1n) is 10.3. The van der Waals surface area contributed by atoms with Crippen molar-refractivity contribution in [1.82, 2.24) is 5.32 Å². The standard InChI is InChI=1S/C27H22N2O3/c1-19-16-17-32-25(26(19)30)18-28-23-12-8-21(9-13-23)5-3-2-4-20-6-10-22(11-7-20)27(31)29-24-14-15-24/h6-13,16-17,24,28,30H,1,14-15,18H2,(H,29,31). The van der Waals surface area contributed by atoms with Gasteiger partial charge in [0, 0.05) is 34.0 Å². The highest BCUT2D eigenvalue weighted by Crippen LogP contribution is 2.20. The van der Waals surface area contributed by atoms with Crippen LogP contribution < -0.4 is 10.6 Å². The summed E-state index contributed by atoms with van der Waals surface area (Å²) >= 11 is 0. The minimum atomic E-state index is -0.0353. The summed E-state index contributed by atoms with van der Waals surface area (Å²) in [6, 6.07) is 15.1. The van der Waals surface area contributed by atoms with E-state index in [9.17, 15) is 9.90 Å². The number of carbonyl (C=O) groups excluding carboxylic acids is 1. The van der Waals surface area contributed by atoms with Gasteiger partial charge in [0.1, 0.15) is 0 Å². The molecule has 5 nitrogen and oxygen atoms in total. The van der Waals surface area contributed by atoms with Crippen molar-refractivity contribution in [3.63, 3.8) is 0 Å². The lowest BCUT2D eigenvalue weighted by molar-refractivity contribution is 0.0951. The largest absolute Gasteiger partial charge is 0.504 e. The molecule has 1 fully saturated rings. The number of hydrogen-bond acceptors (Lipinski definition) is 4. The number of rotatable bonds is 5. The van der Waals surface area contributed by atoms with Gasteiger partial charge in [-0.1, -0.05) is 18.4 Å². The molecule has 158 valence electrons. The third kappa shape index (κ3) is 5.62. The van der Waals surface area contributed by atoms with E-state index in [1.54, 1.807) is 18.2 Å². The molecular formula is C27H22N2O3. The van der Waals surface area contributed by atoms with Crippen molar-refractivity contribution in [1.29, 1.82) is 0 Å². The zero-order chi connectivity index (χ0) is 22.3. The van der Waals surface area contributed by atoms with Gasteiger partial charge in [0.25, 0.3) is 5.91 Å². The van der Waals surface area contributed by atoms with Crippen LogP contribution in [0.2, 0.25) is 0 Å². The van der Waals surface area contributed by atoms with E-state index in [1.165, 1.54) is 6.26 Å². The Kier molecular flexibility index (Phi) is 6.30. The Morgan fingerprint density at radius 2 is 1.66 bits per heavy atom. The monoisotopic (exact) mass is 422 g/mol. The topological polar surface area (TPSA) is 70.6 Å². The molecule has 2 aromatic carbocycles. The molecule has 32 heavy (non-hydrogen) atoms. The molecule has 0 spiro atoms. The summed E-state index contributed by atoms with van der Waals surface area (Å²) in [6.45, 7) is 4.08. The molecule has 0 aromatic heterocycles. The van der Waals surface area contributed by atoms with Gasteiger partial charge in [-0.25, -0.2) is 0 Å². The number of amides is 1. The number of aliphatic hydroxyl groups is 1. The van der Waals surface area contributed by atoms with Gasteiger partial charge in [-0.3, -0.25) is 4.79 Å². The molecule has 1 amide bonds. The van der Waals surface area contributed by atoms with Crippen molar-refractivity contribution >= 4 is 11.6 Å². The van der Waals surface area contributed by atoms with Crippen LogP contribution in [0.1, 0.15) is 34.3 Å². The number of hydrogen-bond donors (Lipinski definition) is 3. The van der Waals surface area contributed by atoms with E-state index >= 15 is 0 Å². The van der Waals surface area contributed by atoms with Gasteiger partial charge in [0.05, 0.1) is 12.8 Å². The third-order valence-corrected chi connectivity index (χ3v) is 4.92.